The van der Waals surface area contributed by atoms with Crippen molar-refractivity contribution < 1.29 is 9.18 Å². The maximum atomic E-state index is 13.9. The fourth-order valence-electron chi connectivity index (χ4n) is 3.55. The first kappa shape index (κ1) is 20.2. The minimum absolute atomic E-state index is 0.0952. The average molecular weight is 397 g/mol. The number of hydrogen-bond donors (Lipinski definition) is 1. The summed E-state index contributed by atoms with van der Waals surface area (Å²) in [7, 11) is 1.80. The molecule has 3 rings (SSSR count). The van der Waals surface area contributed by atoms with Gasteiger partial charge in [0.15, 0.2) is 0 Å². The summed E-state index contributed by atoms with van der Waals surface area (Å²) < 4.78 is 13.9. The number of allylic oxidation sites excluding steroid dienone is 1. The summed E-state index contributed by atoms with van der Waals surface area (Å²) >= 11 is 1.63. The van der Waals surface area contributed by atoms with Crippen molar-refractivity contribution in [3.8, 4) is 23.0 Å². The Balaban J connectivity index is 2.05. The molecule has 1 unspecified atom stereocenters. The summed E-state index contributed by atoms with van der Waals surface area (Å²) in [5.74, 6) is 6.38. The van der Waals surface area contributed by atoms with E-state index in [4.69, 9.17) is 0 Å². The number of benzene rings is 1. The van der Waals surface area contributed by atoms with Gasteiger partial charge in [0.1, 0.15) is 11.6 Å². The van der Waals surface area contributed by atoms with Crippen LogP contribution in [0.15, 0.2) is 41.5 Å². The number of carbonyl (C=O) groups excluding carboxylic acids is 1. The van der Waals surface area contributed by atoms with Crippen LogP contribution in [0.5, 0.6) is 0 Å². The number of carbonyl (C=O) groups is 1. The number of halogens is 1. The first-order valence-corrected chi connectivity index (χ1v) is 10.2. The Labute approximate surface area is 170 Å². The molecule has 0 aliphatic carbocycles. The molecule has 0 saturated carbocycles. The molecule has 3 nitrogen and oxygen atoms in total. The van der Waals surface area contributed by atoms with E-state index in [9.17, 15) is 9.18 Å². The van der Waals surface area contributed by atoms with E-state index >= 15 is 0 Å². The van der Waals surface area contributed by atoms with E-state index in [-0.39, 0.29) is 17.6 Å². The summed E-state index contributed by atoms with van der Waals surface area (Å²) in [5.41, 5.74) is 1.87. The maximum Gasteiger partial charge on any atom is 0.230 e. The SMILES string of the molecule is CC#Cc1cc(-c2csc(C3(C(C)C)CC(=O)N(C)/C(=C\C)N3)c2)ccc1F. The standard InChI is InChI=1S/C23H25FN2OS/c1-6-8-17-11-16(9-10-19(17)24)18-12-20(28-14-18)23(15(3)4)13-22(27)26(5)21(7-2)25-23/h7,9-12,14-15,25H,13H2,1-5H3/b21-7-. The Hall–Kier alpha value is -2.58. The summed E-state index contributed by atoms with van der Waals surface area (Å²) in [6.45, 7) is 7.89. The van der Waals surface area contributed by atoms with Crippen molar-refractivity contribution in [3.05, 3.63) is 57.8 Å². The predicted octanol–water partition coefficient (Wildman–Crippen LogP) is 5.09. The Morgan fingerprint density at radius 2 is 2.07 bits per heavy atom. The molecule has 28 heavy (non-hydrogen) atoms. The molecule has 1 aliphatic heterocycles. The molecule has 2 aromatic rings. The fraction of sp³-hybridized carbons (Fsp3) is 0.348. The van der Waals surface area contributed by atoms with Crippen LogP contribution in [-0.2, 0) is 10.3 Å². The smallest absolute Gasteiger partial charge is 0.230 e. The van der Waals surface area contributed by atoms with Crippen molar-refractivity contribution in [3.63, 3.8) is 0 Å². The molecule has 0 spiro atoms. The third kappa shape index (κ3) is 3.45. The predicted molar refractivity (Wildman–Crippen MR) is 113 cm³/mol. The summed E-state index contributed by atoms with van der Waals surface area (Å²) in [4.78, 5) is 15.5. The largest absolute Gasteiger partial charge is 0.361 e. The maximum absolute atomic E-state index is 13.9. The first-order chi connectivity index (χ1) is 13.3. The average Bonchev–Trinajstić information content (AvgIpc) is 3.16. The third-order valence-electron chi connectivity index (χ3n) is 5.37. The van der Waals surface area contributed by atoms with Crippen molar-refractivity contribution in [1.82, 2.24) is 10.2 Å². The molecule has 1 aliphatic rings. The molecular weight excluding hydrogens is 371 g/mol. The molecule has 0 bridgehead atoms. The van der Waals surface area contributed by atoms with E-state index in [1.807, 2.05) is 13.0 Å². The zero-order valence-corrected chi connectivity index (χ0v) is 17.7. The number of rotatable bonds is 3. The highest BCUT2D eigenvalue weighted by Gasteiger charge is 2.44. The minimum Gasteiger partial charge on any atom is -0.361 e. The van der Waals surface area contributed by atoms with E-state index in [0.717, 1.165) is 21.8 Å². The second-order valence-electron chi connectivity index (χ2n) is 7.32. The summed E-state index contributed by atoms with van der Waals surface area (Å²) in [6.07, 6.45) is 2.33. The quantitative estimate of drug-likeness (QED) is 0.733. The number of thiophene rings is 1. The van der Waals surface area contributed by atoms with Gasteiger partial charge >= 0.3 is 0 Å². The molecule has 1 fully saturated rings. The van der Waals surface area contributed by atoms with Crippen molar-refractivity contribution in [2.75, 3.05) is 7.05 Å². The molecule has 1 amide bonds. The van der Waals surface area contributed by atoms with Gasteiger partial charge in [-0.1, -0.05) is 25.8 Å². The first-order valence-electron chi connectivity index (χ1n) is 9.35. The van der Waals surface area contributed by atoms with Gasteiger partial charge in [-0.25, -0.2) is 4.39 Å². The third-order valence-corrected chi connectivity index (χ3v) is 6.48. The molecule has 146 valence electrons. The number of amides is 1. The monoisotopic (exact) mass is 396 g/mol. The van der Waals surface area contributed by atoms with Crippen LogP contribution in [0, 0.1) is 23.6 Å². The van der Waals surface area contributed by atoms with E-state index in [1.165, 1.54) is 6.07 Å². The van der Waals surface area contributed by atoms with E-state index in [0.29, 0.717) is 12.0 Å². The van der Waals surface area contributed by atoms with Crippen LogP contribution in [0.25, 0.3) is 11.1 Å². The Kier molecular flexibility index (Phi) is 5.62. The number of nitrogens with zero attached hydrogens (tertiary/aromatic N) is 1. The van der Waals surface area contributed by atoms with Crippen LogP contribution in [0.2, 0.25) is 0 Å². The summed E-state index contributed by atoms with van der Waals surface area (Å²) in [5, 5.41) is 5.68. The minimum atomic E-state index is -0.458. The van der Waals surface area contributed by atoms with Crippen LogP contribution in [0.1, 0.15) is 44.6 Å². The van der Waals surface area contributed by atoms with Crippen molar-refractivity contribution in [2.45, 2.75) is 39.7 Å². The Morgan fingerprint density at radius 3 is 2.71 bits per heavy atom. The molecule has 1 aromatic heterocycles. The van der Waals surface area contributed by atoms with E-state index in [2.05, 4.69) is 42.5 Å². The lowest BCUT2D eigenvalue weighted by atomic mass is 9.79. The van der Waals surface area contributed by atoms with Gasteiger partial charge < -0.3 is 10.2 Å². The molecule has 5 heteroatoms. The lowest BCUT2D eigenvalue weighted by Crippen LogP contribution is -2.56. The topological polar surface area (TPSA) is 32.3 Å². The van der Waals surface area contributed by atoms with Gasteiger partial charge in [0, 0.05) is 11.9 Å². The van der Waals surface area contributed by atoms with Gasteiger partial charge in [0.05, 0.1) is 17.5 Å². The van der Waals surface area contributed by atoms with Crippen molar-refractivity contribution in [1.29, 1.82) is 0 Å². The molecule has 1 N–H and O–H groups in total. The van der Waals surface area contributed by atoms with E-state index < -0.39 is 5.54 Å². The van der Waals surface area contributed by atoms with Crippen LogP contribution < -0.4 is 5.32 Å². The molecular formula is C23H25FN2OS. The van der Waals surface area contributed by atoms with Crippen molar-refractivity contribution in [2.24, 2.45) is 5.92 Å². The van der Waals surface area contributed by atoms with Crippen LogP contribution in [0.3, 0.4) is 0 Å². The highest BCUT2D eigenvalue weighted by atomic mass is 32.1. The second-order valence-corrected chi connectivity index (χ2v) is 8.23. The van der Waals surface area contributed by atoms with Crippen LogP contribution >= 0.6 is 11.3 Å². The summed E-state index contributed by atoms with van der Waals surface area (Å²) in [6, 6.07) is 7.12. The fourth-order valence-corrected chi connectivity index (χ4v) is 4.77. The van der Waals surface area contributed by atoms with Gasteiger partial charge in [-0.2, -0.15) is 0 Å². The van der Waals surface area contributed by atoms with Gasteiger partial charge in [0.2, 0.25) is 5.91 Å². The zero-order valence-electron chi connectivity index (χ0n) is 16.9. The van der Waals surface area contributed by atoms with Gasteiger partial charge in [-0.15, -0.1) is 17.3 Å². The van der Waals surface area contributed by atoms with Gasteiger partial charge in [-0.3, -0.25) is 4.79 Å². The molecule has 2 heterocycles. The molecule has 0 radical (unpaired) electrons. The van der Waals surface area contributed by atoms with Crippen LogP contribution in [-0.4, -0.2) is 17.9 Å². The highest BCUT2D eigenvalue weighted by molar-refractivity contribution is 7.10. The van der Waals surface area contributed by atoms with Crippen LogP contribution in [0.4, 0.5) is 4.39 Å². The van der Waals surface area contributed by atoms with Gasteiger partial charge in [-0.05, 0) is 60.5 Å². The highest BCUT2D eigenvalue weighted by Crippen LogP contribution is 2.42. The Morgan fingerprint density at radius 1 is 1.32 bits per heavy atom. The number of hydrogen-bond acceptors (Lipinski definition) is 3. The van der Waals surface area contributed by atoms with E-state index in [1.54, 1.807) is 42.3 Å². The Bertz CT molecular complexity index is 996. The second kappa shape index (κ2) is 7.81. The lowest BCUT2D eigenvalue weighted by Gasteiger charge is -2.45. The molecule has 1 aromatic carbocycles. The normalized spacial score (nSPS) is 20.9. The van der Waals surface area contributed by atoms with Gasteiger partial charge in [0.25, 0.3) is 0 Å². The number of nitrogens with one attached hydrogen (secondary N) is 1. The lowest BCUT2D eigenvalue weighted by molar-refractivity contribution is -0.133. The van der Waals surface area contributed by atoms with Crippen molar-refractivity contribution >= 4 is 17.2 Å². The molecule has 1 atom stereocenters. The molecule has 1 saturated heterocycles. The zero-order chi connectivity index (χ0) is 20.5.